The van der Waals surface area contributed by atoms with Crippen molar-refractivity contribution in [3.05, 3.63) is 193 Å². The fraction of sp³-hybridized carbons (Fsp3) is 0.0192. The zero-order valence-corrected chi connectivity index (χ0v) is 32.1. The van der Waals surface area contributed by atoms with Crippen molar-refractivity contribution in [2.24, 2.45) is 0 Å². The minimum atomic E-state index is 0.594. The van der Waals surface area contributed by atoms with E-state index in [0.717, 1.165) is 55.0 Å². The van der Waals surface area contributed by atoms with Gasteiger partial charge >= 0.3 is 0 Å². The topological polar surface area (TPSA) is 43.6 Å². The highest BCUT2D eigenvalue weighted by Crippen LogP contribution is 2.39. The van der Waals surface area contributed by atoms with Crippen LogP contribution in [0, 0.1) is 0 Å². The molecule has 0 atom stereocenters. The van der Waals surface area contributed by atoms with Crippen LogP contribution < -0.4 is 10.6 Å². The van der Waals surface area contributed by atoms with E-state index < -0.39 is 0 Å². The van der Waals surface area contributed by atoms with Gasteiger partial charge in [0.2, 0.25) is 0 Å². The summed E-state index contributed by atoms with van der Waals surface area (Å²) in [7, 11) is 0. The number of benzene rings is 7. The second-order valence-corrected chi connectivity index (χ2v) is 15.1. The molecule has 10 rings (SSSR count). The predicted molar refractivity (Wildman–Crippen MR) is 241 cm³/mol. The van der Waals surface area contributed by atoms with Gasteiger partial charge in [-0.05, 0) is 66.1 Å². The average Bonchev–Trinajstić information content (AvgIpc) is 3.81. The third-order valence-corrected chi connectivity index (χ3v) is 11.8. The summed E-state index contributed by atoms with van der Waals surface area (Å²) in [5, 5.41) is 5.90. The first kappa shape index (κ1) is 34.3. The molecule has 0 fully saturated rings. The van der Waals surface area contributed by atoms with Crippen LogP contribution in [0.1, 0.15) is 6.92 Å². The van der Waals surface area contributed by atoms with Crippen LogP contribution in [0.5, 0.6) is 0 Å². The molecule has 4 nitrogen and oxygen atoms in total. The molecule has 0 saturated heterocycles. The van der Waals surface area contributed by atoms with Crippen molar-refractivity contribution in [3.8, 4) is 62.1 Å². The van der Waals surface area contributed by atoms with Crippen LogP contribution in [0.3, 0.4) is 0 Å². The number of rotatable bonds is 7. The van der Waals surface area contributed by atoms with E-state index in [9.17, 15) is 0 Å². The number of hydrogen-bond acceptors (Lipinski definition) is 4. The number of allylic oxidation sites excluding steroid dienone is 1. The molecular formula is C52H36N4S. The Kier molecular flexibility index (Phi) is 8.70. The lowest BCUT2D eigenvalue weighted by molar-refractivity contribution is 1.04. The van der Waals surface area contributed by atoms with Crippen LogP contribution in [0.4, 0.5) is 0 Å². The summed E-state index contributed by atoms with van der Waals surface area (Å²) >= 11 is 1.84. The van der Waals surface area contributed by atoms with E-state index in [1.165, 1.54) is 31.3 Å². The van der Waals surface area contributed by atoms with E-state index in [1.807, 2.05) is 78.1 Å². The van der Waals surface area contributed by atoms with Crippen molar-refractivity contribution in [1.82, 2.24) is 19.5 Å². The maximum Gasteiger partial charge on any atom is 0.166 e. The molecule has 0 spiro atoms. The normalized spacial score (nSPS) is 12.2. The van der Waals surface area contributed by atoms with Gasteiger partial charge in [-0.2, -0.15) is 0 Å². The fourth-order valence-corrected chi connectivity index (χ4v) is 9.07. The van der Waals surface area contributed by atoms with Gasteiger partial charge in [-0.3, -0.25) is 0 Å². The SMILES string of the molecule is C=C/C=c1\c(=C/C)c2cc(-c3ccc4sc5ccccc5c4c3)ccc2n1-c1c(-c2ccccc2)cccc1-c1nc(-c2ccccc2)nc(-c2ccccc2)n1. The molecule has 0 aliphatic carbocycles. The summed E-state index contributed by atoms with van der Waals surface area (Å²) in [6.45, 7) is 6.30. The number of nitrogens with zero attached hydrogens (tertiary/aromatic N) is 4. The van der Waals surface area contributed by atoms with Crippen molar-refractivity contribution >= 4 is 54.6 Å². The van der Waals surface area contributed by atoms with Crippen molar-refractivity contribution in [1.29, 1.82) is 0 Å². The average molecular weight is 749 g/mol. The molecule has 0 N–H and O–H groups in total. The third-order valence-electron chi connectivity index (χ3n) is 10.6. The molecule has 3 heterocycles. The first-order valence-corrected chi connectivity index (χ1v) is 19.9. The van der Waals surface area contributed by atoms with Gasteiger partial charge in [-0.1, -0.05) is 152 Å². The summed E-state index contributed by atoms with van der Waals surface area (Å²) in [6, 6.07) is 59.7. The van der Waals surface area contributed by atoms with Crippen LogP contribution >= 0.6 is 11.3 Å². The maximum atomic E-state index is 5.23. The summed E-state index contributed by atoms with van der Waals surface area (Å²) in [6.07, 6.45) is 6.20. The largest absolute Gasteiger partial charge is 0.308 e. The number of hydrogen-bond donors (Lipinski definition) is 0. The van der Waals surface area contributed by atoms with Crippen molar-refractivity contribution < 1.29 is 0 Å². The Morgan fingerprint density at radius 3 is 1.72 bits per heavy atom. The van der Waals surface area contributed by atoms with Gasteiger partial charge < -0.3 is 4.57 Å². The van der Waals surface area contributed by atoms with Crippen LogP contribution in [0.2, 0.25) is 0 Å². The van der Waals surface area contributed by atoms with Gasteiger partial charge in [-0.15, -0.1) is 11.3 Å². The van der Waals surface area contributed by atoms with E-state index in [4.69, 9.17) is 15.0 Å². The molecule has 0 unspecified atom stereocenters. The third kappa shape index (κ3) is 6.06. The first-order valence-electron chi connectivity index (χ1n) is 19.1. The number of fused-ring (bicyclic) bond motifs is 4. The van der Waals surface area contributed by atoms with Gasteiger partial charge in [0.05, 0.1) is 16.6 Å². The Labute approximate surface area is 334 Å². The van der Waals surface area contributed by atoms with Crippen molar-refractivity contribution in [3.63, 3.8) is 0 Å². The molecule has 0 amide bonds. The Morgan fingerprint density at radius 2 is 1.05 bits per heavy atom. The highest BCUT2D eigenvalue weighted by molar-refractivity contribution is 7.25. The summed E-state index contributed by atoms with van der Waals surface area (Å²) in [5.74, 6) is 1.83. The molecule has 0 aliphatic rings. The summed E-state index contributed by atoms with van der Waals surface area (Å²) in [5.41, 5.74) is 9.32. The zero-order valence-electron chi connectivity index (χ0n) is 31.3. The van der Waals surface area contributed by atoms with E-state index in [0.29, 0.717) is 17.5 Å². The molecule has 0 bridgehead atoms. The zero-order chi connectivity index (χ0) is 38.3. The molecule has 0 saturated carbocycles. The fourth-order valence-electron chi connectivity index (χ4n) is 7.98. The minimum absolute atomic E-state index is 0.594. The van der Waals surface area contributed by atoms with E-state index in [-0.39, 0.29) is 0 Å². The minimum Gasteiger partial charge on any atom is -0.308 e. The molecular weight excluding hydrogens is 713 g/mol. The molecule has 0 radical (unpaired) electrons. The van der Waals surface area contributed by atoms with Crippen LogP contribution in [-0.2, 0) is 0 Å². The first-order chi connectivity index (χ1) is 28.2. The lowest BCUT2D eigenvalue weighted by Crippen LogP contribution is -2.28. The monoisotopic (exact) mass is 748 g/mol. The molecule has 10 aromatic rings. The molecule has 7 aromatic carbocycles. The molecule has 5 heteroatoms. The highest BCUT2D eigenvalue weighted by atomic mass is 32.1. The maximum absolute atomic E-state index is 5.23. The van der Waals surface area contributed by atoms with E-state index >= 15 is 0 Å². The molecule has 57 heavy (non-hydrogen) atoms. The molecule has 270 valence electrons. The Balaban J connectivity index is 1.26. The number of aromatic nitrogens is 4. The quantitative estimate of drug-likeness (QED) is 0.163. The number of para-hydroxylation sites is 1. The standard InChI is InChI=1S/C52H36N4S/c1-3-17-45-39(4-2)43-32-37(38-29-31-48-44(33-38)41-24-14-15-27-47(41)57-48)28-30-46(43)56(45)49-40(34-18-8-5-9-19-34)25-16-26-42(49)52-54-50(35-20-10-6-11-21-35)53-51(55-52)36-22-12-7-13-23-36/h3-33H,1H2,2H3/b39-4-,45-17+. The van der Waals surface area contributed by atoms with Gasteiger partial charge in [-0.25, -0.2) is 15.0 Å². The second-order valence-electron chi connectivity index (χ2n) is 14.0. The van der Waals surface area contributed by atoms with Gasteiger partial charge in [0.1, 0.15) is 0 Å². The second kappa shape index (κ2) is 14.5. The Hall–Kier alpha value is -7.21. The van der Waals surface area contributed by atoms with Crippen LogP contribution in [-0.4, -0.2) is 19.5 Å². The van der Waals surface area contributed by atoms with E-state index in [2.05, 4.69) is 139 Å². The highest BCUT2D eigenvalue weighted by Gasteiger charge is 2.22. The summed E-state index contributed by atoms with van der Waals surface area (Å²) < 4.78 is 4.98. The van der Waals surface area contributed by atoms with Crippen molar-refractivity contribution in [2.45, 2.75) is 6.92 Å². The lowest BCUT2D eigenvalue weighted by Gasteiger charge is -2.18. The lowest BCUT2D eigenvalue weighted by atomic mass is 9.98. The smallest absolute Gasteiger partial charge is 0.166 e. The van der Waals surface area contributed by atoms with Gasteiger partial charge in [0, 0.05) is 53.0 Å². The van der Waals surface area contributed by atoms with Crippen LogP contribution in [0.25, 0.3) is 105 Å². The number of thiophene rings is 1. The van der Waals surface area contributed by atoms with Crippen LogP contribution in [0.15, 0.2) is 183 Å². The van der Waals surface area contributed by atoms with E-state index in [1.54, 1.807) is 0 Å². The Bertz CT molecular complexity index is 3200. The predicted octanol–water partition coefficient (Wildman–Crippen LogP) is 12.3. The van der Waals surface area contributed by atoms with Gasteiger partial charge in [0.25, 0.3) is 0 Å². The van der Waals surface area contributed by atoms with Gasteiger partial charge in [0.15, 0.2) is 17.5 Å². The molecule has 0 aliphatic heterocycles. The van der Waals surface area contributed by atoms with Crippen molar-refractivity contribution in [2.75, 3.05) is 0 Å². The Morgan fingerprint density at radius 1 is 0.491 bits per heavy atom. The summed E-state index contributed by atoms with van der Waals surface area (Å²) in [4.78, 5) is 15.5. The molecule has 3 aromatic heterocycles.